The van der Waals surface area contributed by atoms with Gasteiger partial charge in [0.1, 0.15) is 29.0 Å². The average Bonchev–Trinajstić information content (AvgIpc) is 2.83. The zero-order chi connectivity index (χ0) is 28.5. The highest BCUT2D eigenvalue weighted by Crippen LogP contribution is 2.45. The van der Waals surface area contributed by atoms with Crippen molar-refractivity contribution in [2.75, 3.05) is 6.54 Å². The fraction of sp³-hybridized carbons (Fsp3) is 0.409. The molecule has 2 aromatic carbocycles. The molecule has 0 radical (unpaired) electrons. The normalized spacial score (nSPS) is 21.7. The fourth-order valence-electron chi connectivity index (χ4n) is 4.02. The molecule has 16 heteroatoms. The molecule has 6 nitrogen and oxygen atoms in total. The molecule has 1 unspecified atom stereocenters. The molecule has 0 saturated heterocycles. The summed E-state index contributed by atoms with van der Waals surface area (Å²) >= 11 is 0. The van der Waals surface area contributed by atoms with Gasteiger partial charge in [0.25, 0.3) is 0 Å². The van der Waals surface area contributed by atoms with Crippen LogP contribution in [-0.2, 0) is 36.2 Å². The molecule has 2 aromatic rings. The minimum atomic E-state index is -4.87. The minimum Gasteiger partial charge on any atom is -0.279 e. The molecule has 0 amide bonds. The smallest absolute Gasteiger partial charge is 0.279 e. The van der Waals surface area contributed by atoms with Crippen molar-refractivity contribution in [3.63, 3.8) is 0 Å². The van der Waals surface area contributed by atoms with Crippen molar-refractivity contribution in [1.29, 1.82) is 0 Å². The summed E-state index contributed by atoms with van der Waals surface area (Å²) in [6.45, 7) is -1.90. The summed E-state index contributed by atoms with van der Waals surface area (Å²) in [4.78, 5) is 13.0. The van der Waals surface area contributed by atoms with Gasteiger partial charge in [0.05, 0.1) is 16.4 Å². The van der Waals surface area contributed by atoms with Crippen LogP contribution in [0.2, 0.25) is 0 Å². The summed E-state index contributed by atoms with van der Waals surface area (Å²) in [6.07, 6.45) is -12.3. The highest BCUT2D eigenvalue weighted by atomic mass is 32.2. The molecule has 38 heavy (non-hydrogen) atoms. The molecular weight excluding hydrogens is 574 g/mol. The minimum absolute atomic E-state index is 0.338. The third-order valence-corrected chi connectivity index (χ3v) is 8.78. The van der Waals surface area contributed by atoms with Crippen LogP contribution in [0.4, 0.5) is 35.1 Å². The van der Waals surface area contributed by atoms with Gasteiger partial charge in [-0.05, 0) is 68.1 Å². The predicted octanol–water partition coefficient (Wildman–Crippen LogP) is 5.12. The average molecular weight is 594 g/mol. The summed E-state index contributed by atoms with van der Waals surface area (Å²) in [5.74, 6) is -1.99. The van der Waals surface area contributed by atoms with Crippen molar-refractivity contribution in [3.05, 3.63) is 70.8 Å². The first-order valence-electron chi connectivity index (χ1n) is 10.8. The Kier molecular flexibility index (Phi) is 8.70. The van der Waals surface area contributed by atoms with Gasteiger partial charge in [-0.3, -0.25) is 13.2 Å². The van der Waals surface area contributed by atoms with Gasteiger partial charge < -0.3 is 0 Å². The first-order chi connectivity index (χ1) is 17.4. The van der Waals surface area contributed by atoms with Crippen LogP contribution in [0.25, 0.3) is 0 Å². The van der Waals surface area contributed by atoms with Crippen LogP contribution < -0.4 is 4.72 Å². The molecule has 1 fully saturated rings. The Morgan fingerprint density at radius 3 is 2.11 bits per heavy atom. The monoisotopic (exact) mass is 593 g/mol. The Morgan fingerprint density at radius 1 is 1.00 bits per heavy atom. The zero-order valence-corrected chi connectivity index (χ0v) is 20.7. The predicted molar refractivity (Wildman–Crippen MR) is 118 cm³/mol. The number of rotatable bonds is 7. The third kappa shape index (κ3) is 7.15. The fourth-order valence-corrected chi connectivity index (χ4v) is 6.65. The number of alkyl halides is 6. The Hall–Kier alpha value is -2.43. The number of nitrogens with one attached hydrogen (secondary N) is 1. The number of benzene rings is 2. The Morgan fingerprint density at radius 2 is 1.58 bits per heavy atom. The largest absolute Gasteiger partial charge is 0.416 e. The second-order valence-electron chi connectivity index (χ2n) is 8.44. The Balaban J connectivity index is 1.89. The van der Waals surface area contributed by atoms with Crippen molar-refractivity contribution >= 4 is 26.2 Å². The lowest BCUT2D eigenvalue weighted by Crippen LogP contribution is -2.43. The van der Waals surface area contributed by atoms with Crippen LogP contribution in [0.5, 0.6) is 0 Å². The Labute approximate surface area is 214 Å². The van der Waals surface area contributed by atoms with E-state index < -0.39 is 97.1 Å². The molecule has 0 aromatic heterocycles. The molecule has 0 spiro atoms. The molecule has 0 bridgehead atoms. The molecular formula is C22H19F8NO5S2. The van der Waals surface area contributed by atoms with Gasteiger partial charge in [-0.2, -0.15) is 39.5 Å². The van der Waals surface area contributed by atoms with Gasteiger partial charge >= 0.3 is 22.7 Å². The molecule has 1 saturated carbocycles. The van der Waals surface area contributed by atoms with Crippen LogP contribution in [0.1, 0.15) is 47.2 Å². The van der Waals surface area contributed by atoms with Crippen LogP contribution >= 0.6 is 0 Å². The lowest BCUT2D eigenvalue weighted by molar-refractivity contribution is -0.137. The van der Waals surface area contributed by atoms with Gasteiger partial charge in [-0.1, -0.05) is 0 Å². The van der Waals surface area contributed by atoms with Gasteiger partial charge in [0, 0.05) is 11.1 Å². The number of hydrogen-bond donors (Lipinski definition) is 1. The topological polar surface area (TPSA) is 89.5 Å². The van der Waals surface area contributed by atoms with Crippen molar-refractivity contribution in [2.24, 2.45) is 0 Å². The van der Waals surface area contributed by atoms with E-state index in [1.165, 1.54) is 4.72 Å². The van der Waals surface area contributed by atoms with E-state index in [0.717, 1.165) is 24.3 Å². The quantitative estimate of drug-likeness (QED) is 0.450. The lowest BCUT2D eigenvalue weighted by Gasteiger charge is -2.39. The van der Waals surface area contributed by atoms with E-state index in [4.69, 9.17) is 4.18 Å². The maximum absolute atomic E-state index is 14.8. The first-order valence-corrected chi connectivity index (χ1v) is 13.3. The maximum Gasteiger partial charge on any atom is 0.416 e. The molecule has 1 atom stereocenters. The maximum atomic E-state index is 14.8. The summed E-state index contributed by atoms with van der Waals surface area (Å²) in [5, 5.41) is -1.18. The second kappa shape index (κ2) is 11.0. The van der Waals surface area contributed by atoms with Crippen molar-refractivity contribution in [2.45, 2.75) is 48.9 Å². The summed E-state index contributed by atoms with van der Waals surface area (Å²) < 4.78 is 146. The SMILES string of the molecule is O=C(c1ccc(C(F)(F)F)cc1)S(=O)C1(c2cc(F)ccc2F)CCC(OS(=O)(=O)NCC(F)(F)F)CC1. The standard InChI is InChI=1S/C22H19F8NO5S2/c23-15-5-6-18(24)17(11-15)20(37(33)19(32)13-1-3-14(4-2-13)22(28,29)30)9-7-16(8-10-20)36-38(34,35)31-12-21(25,26)27/h1-6,11,16,31H,7-10,12H2. The molecule has 210 valence electrons. The number of halogens is 8. The zero-order valence-electron chi connectivity index (χ0n) is 19.0. The van der Waals surface area contributed by atoms with E-state index in [1.807, 2.05) is 0 Å². The third-order valence-electron chi connectivity index (χ3n) is 5.84. The van der Waals surface area contributed by atoms with Gasteiger partial charge in [0.2, 0.25) is 5.12 Å². The van der Waals surface area contributed by atoms with Crippen molar-refractivity contribution in [1.82, 2.24) is 4.72 Å². The van der Waals surface area contributed by atoms with Gasteiger partial charge in [-0.25, -0.2) is 8.78 Å². The van der Waals surface area contributed by atoms with Crippen LogP contribution in [0.3, 0.4) is 0 Å². The molecule has 1 N–H and O–H groups in total. The molecule has 1 aliphatic carbocycles. The lowest BCUT2D eigenvalue weighted by atomic mass is 9.81. The highest BCUT2D eigenvalue weighted by Gasteiger charge is 2.48. The van der Waals surface area contributed by atoms with Crippen molar-refractivity contribution in [3.8, 4) is 0 Å². The first kappa shape index (κ1) is 30.1. The summed E-state index contributed by atoms with van der Waals surface area (Å²) in [5.41, 5.74) is -1.96. The Bertz CT molecular complexity index is 1300. The van der Waals surface area contributed by atoms with Crippen LogP contribution in [-0.4, -0.2) is 36.6 Å². The highest BCUT2D eigenvalue weighted by molar-refractivity contribution is 8.01. The van der Waals surface area contributed by atoms with E-state index >= 15 is 0 Å². The van der Waals surface area contributed by atoms with Gasteiger partial charge in [0.15, 0.2) is 0 Å². The van der Waals surface area contributed by atoms with Gasteiger partial charge in [-0.15, -0.1) is 0 Å². The van der Waals surface area contributed by atoms with Crippen LogP contribution in [0, 0.1) is 11.6 Å². The molecule has 0 aliphatic heterocycles. The van der Waals surface area contributed by atoms with E-state index in [-0.39, 0.29) is 12.8 Å². The van der Waals surface area contributed by atoms with Crippen molar-refractivity contribution < 1.29 is 56.7 Å². The number of carbonyl (C=O) groups is 1. The number of carbonyl (C=O) groups excluding carboxylic acids is 1. The number of hydrogen-bond acceptors (Lipinski definition) is 5. The molecule has 1 aliphatic rings. The summed E-state index contributed by atoms with van der Waals surface area (Å²) in [6, 6.07) is 4.93. The second-order valence-corrected chi connectivity index (χ2v) is 11.5. The van der Waals surface area contributed by atoms with E-state index in [1.54, 1.807) is 0 Å². The van der Waals surface area contributed by atoms with E-state index in [2.05, 4.69) is 0 Å². The molecule has 0 heterocycles. The van der Waals surface area contributed by atoms with E-state index in [9.17, 15) is 52.5 Å². The van der Waals surface area contributed by atoms with Crippen LogP contribution in [0.15, 0.2) is 42.5 Å². The van der Waals surface area contributed by atoms with E-state index in [0.29, 0.717) is 18.2 Å². The summed E-state index contributed by atoms with van der Waals surface area (Å²) in [7, 11) is -7.57. The molecule has 3 rings (SSSR count).